The average Bonchev–Trinajstić information content (AvgIpc) is 2.41. The molecule has 12 nitrogen and oxygen atoms in total. The molecule has 0 rings (SSSR count). The van der Waals surface area contributed by atoms with Gasteiger partial charge in [0, 0.05) is 0 Å². The third-order valence-electron chi connectivity index (χ3n) is 2.67. The Morgan fingerprint density at radius 2 is 1.08 bits per heavy atom. The van der Waals surface area contributed by atoms with Crippen LogP contribution in [0.25, 0.3) is 0 Å². The fourth-order valence-electron chi connectivity index (χ4n) is 1.56. The van der Waals surface area contributed by atoms with Crippen LogP contribution < -0.4 is 0 Å². The molecule has 5 unspecified atom stereocenters. The van der Waals surface area contributed by atoms with Gasteiger partial charge in [0.1, 0.15) is 24.9 Å². The monoisotopic (exact) mass is 372 g/mol. The zero-order valence-electron chi connectivity index (χ0n) is 14.1. The molecule has 0 aliphatic carbocycles. The summed E-state index contributed by atoms with van der Waals surface area (Å²) in [7, 11) is 5.72. The summed E-state index contributed by atoms with van der Waals surface area (Å²) in [6.45, 7) is 0.465. The molecule has 0 aromatic rings. The van der Waals surface area contributed by atoms with Crippen molar-refractivity contribution in [3.8, 4) is 0 Å². The van der Waals surface area contributed by atoms with Gasteiger partial charge in [0.25, 0.3) is 0 Å². The van der Waals surface area contributed by atoms with E-state index in [1.54, 1.807) is 0 Å². The number of hydrogen-bond donors (Lipinski definition) is 8. The first-order valence-electron chi connectivity index (χ1n) is 6.98. The zero-order chi connectivity index (χ0) is 20.5. The number of aliphatic hydroxyl groups is 5. The maximum atomic E-state index is 10.1. The maximum Gasteiger partial charge on any atom is 0.335 e. The van der Waals surface area contributed by atoms with Crippen molar-refractivity contribution in [3.05, 3.63) is 0 Å². The van der Waals surface area contributed by atoms with Crippen molar-refractivity contribution >= 4 is 17.9 Å². The van der Waals surface area contributed by atoms with Crippen molar-refractivity contribution < 1.29 is 59.7 Å². The molecule has 12 heteroatoms. The van der Waals surface area contributed by atoms with Gasteiger partial charge >= 0.3 is 17.9 Å². The lowest BCUT2D eigenvalue weighted by Gasteiger charge is -2.25. The second-order valence-corrected chi connectivity index (χ2v) is 6.27. The molecule has 5 atom stereocenters. The van der Waals surface area contributed by atoms with Crippen molar-refractivity contribution in [3.63, 3.8) is 0 Å². The van der Waals surface area contributed by atoms with Gasteiger partial charge in [-0.25, -0.2) is 9.59 Å². The highest BCUT2D eigenvalue weighted by molar-refractivity contribution is 5.75. The predicted octanol–water partition coefficient (Wildman–Crippen LogP) is -3.87. The number of carboxylic acid groups (broad SMARTS) is 3. The first-order valence-corrected chi connectivity index (χ1v) is 6.98. The van der Waals surface area contributed by atoms with E-state index in [4.69, 9.17) is 40.9 Å². The molecule has 148 valence electrons. The van der Waals surface area contributed by atoms with Gasteiger partial charge in [-0.15, -0.1) is 0 Å². The molecule has 0 aliphatic heterocycles. The van der Waals surface area contributed by atoms with Gasteiger partial charge in [0.05, 0.1) is 27.6 Å². The number of carbonyl (C=O) groups is 3. The third-order valence-corrected chi connectivity index (χ3v) is 2.67. The van der Waals surface area contributed by atoms with Crippen LogP contribution in [0.5, 0.6) is 0 Å². The van der Waals surface area contributed by atoms with E-state index in [2.05, 4.69) is 0 Å². The molecule has 0 saturated heterocycles. The van der Waals surface area contributed by atoms with Crippen LogP contribution in [0.15, 0.2) is 0 Å². The second-order valence-electron chi connectivity index (χ2n) is 6.27. The number of quaternary nitrogens is 1. The summed E-state index contributed by atoms with van der Waals surface area (Å²) in [6.07, 6.45) is -10.2. The van der Waals surface area contributed by atoms with E-state index in [1.165, 1.54) is 0 Å². The van der Waals surface area contributed by atoms with Crippen molar-refractivity contribution in [2.75, 3.05) is 27.7 Å². The van der Waals surface area contributed by atoms with Crippen LogP contribution in [-0.2, 0) is 14.4 Å². The van der Waals surface area contributed by atoms with Gasteiger partial charge < -0.3 is 45.3 Å². The Bertz CT molecular complexity index is 424. The lowest BCUT2D eigenvalue weighted by atomic mass is 10.0. The van der Waals surface area contributed by atoms with E-state index in [1.807, 2.05) is 21.1 Å². The molecule has 0 saturated carbocycles. The number of hydrogen-bond acceptors (Lipinski definition) is 8. The lowest BCUT2D eigenvalue weighted by molar-refractivity contribution is -0.873. The average molecular weight is 372 g/mol. The Morgan fingerprint density at radius 1 is 0.760 bits per heavy atom. The third kappa shape index (κ3) is 12.2. The van der Waals surface area contributed by atoms with E-state index in [-0.39, 0.29) is 6.42 Å². The number of nitrogens with zero attached hydrogens (tertiary/aromatic N) is 1. The molecule has 0 radical (unpaired) electrons. The highest BCUT2D eigenvalue weighted by Gasteiger charge is 2.37. The van der Waals surface area contributed by atoms with Crippen LogP contribution in [0, 0.1) is 0 Å². The van der Waals surface area contributed by atoms with Crippen LogP contribution in [0.1, 0.15) is 6.42 Å². The van der Waals surface area contributed by atoms with Crippen molar-refractivity contribution in [1.82, 2.24) is 0 Å². The normalized spacial score (nSPS) is 17.3. The fraction of sp³-hybridized carbons (Fsp3) is 0.769. The molecular weight excluding hydrogens is 346 g/mol. The van der Waals surface area contributed by atoms with E-state index in [9.17, 15) is 14.4 Å². The molecular formula is C13H26NO11+. The Balaban J connectivity index is 0. The van der Waals surface area contributed by atoms with Crippen LogP contribution in [0.2, 0.25) is 0 Å². The fourth-order valence-corrected chi connectivity index (χ4v) is 1.56. The zero-order valence-corrected chi connectivity index (χ0v) is 14.1. The minimum Gasteiger partial charge on any atom is -0.481 e. The first-order chi connectivity index (χ1) is 11.1. The van der Waals surface area contributed by atoms with Crippen molar-refractivity contribution in [2.24, 2.45) is 0 Å². The minimum atomic E-state index is -2.36. The molecule has 0 spiro atoms. The van der Waals surface area contributed by atoms with Gasteiger partial charge in [0.2, 0.25) is 0 Å². The van der Waals surface area contributed by atoms with E-state index < -0.39 is 48.4 Å². The topological polar surface area (TPSA) is 213 Å². The Hall–Kier alpha value is -1.83. The number of carboxylic acids is 3. The molecule has 0 aromatic carbocycles. The second kappa shape index (κ2) is 10.9. The maximum absolute atomic E-state index is 10.1. The first kappa shape index (κ1) is 25.4. The molecule has 0 heterocycles. The molecule has 0 aliphatic rings. The highest BCUT2D eigenvalue weighted by Crippen LogP contribution is 2.05. The number of rotatable bonds is 9. The SMILES string of the molecule is C[N+](C)(C)CC(O)CC(=O)O.O=C(O)C(O)C(O)C(O)C(O)C(=O)O. The summed E-state index contributed by atoms with van der Waals surface area (Å²) in [5.41, 5.74) is 0. The Morgan fingerprint density at radius 3 is 1.28 bits per heavy atom. The van der Waals surface area contributed by atoms with Crippen molar-refractivity contribution in [2.45, 2.75) is 36.9 Å². The summed E-state index contributed by atoms with van der Waals surface area (Å²) in [5.74, 6) is -4.63. The largest absolute Gasteiger partial charge is 0.481 e. The summed E-state index contributed by atoms with van der Waals surface area (Å²) >= 11 is 0. The summed E-state index contributed by atoms with van der Waals surface area (Å²) in [6, 6.07) is 0. The molecule has 25 heavy (non-hydrogen) atoms. The summed E-state index contributed by atoms with van der Waals surface area (Å²) < 4.78 is 0.578. The molecule has 0 aromatic heterocycles. The molecule has 0 bridgehead atoms. The summed E-state index contributed by atoms with van der Waals surface area (Å²) in [4.78, 5) is 30.3. The predicted molar refractivity (Wildman–Crippen MR) is 80.5 cm³/mol. The highest BCUT2D eigenvalue weighted by atomic mass is 16.4. The van der Waals surface area contributed by atoms with Crippen LogP contribution >= 0.6 is 0 Å². The van der Waals surface area contributed by atoms with Gasteiger partial charge in [-0.2, -0.15) is 0 Å². The Kier molecular flexibility index (Phi) is 11.1. The lowest BCUT2D eigenvalue weighted by Crippen LogP contribution is -2.49. The van der Waals surface area contributed by atoms with E-state index in [0.29, 0.717) is 11.0 Å². The smallest absolute Gasteiger partial charge is 0.335 e. The van der Waals surface area contributed by atoms with Gasteiger partial charge in [-0.3, -0.25) is 4.79 Å². The van der Waals surface area contributed by atoms with E-state index in [0.717, 1.165) is 0 Å². The quantitative estimate of drug-likeness (QED) is 0.183. The van der Waals surface area contributed by atoms with Crippen LogP contribution in [-0.4, -0.2) is 121 Å². The van der Waals surface area contributed by atoms with Crippen LogP contribution in [0.3, 0.4) is 0 Å². The molecule has 8 N–H and O–H groups in total. The van der Waals surface area contributed by atoms with Gasteiger partial charge in [0.15, 0.2) is 12.2 Å². The standard InChI is InChI=1S/C7H15NO3.C6H10O8/c1-8(2,3)5-6(9)4-7(10)11;7-1(3(9)5(11)12)2(8)4(10)6(13)14/h6,9H,4-5H2,1-3H3;1-4,7-10H,(H,11,12)(H,13,14)/p+1. The Labute approximate surface area is 143 Å². The van der Waals surface area contributed by atoms with Crippen molar-refractivity contribution in [1.29, 1.82) is 0 Å². The molecule has 0 amide bonds. The van der Waals surface area contributed by atoms with E-state index >= 15 is 0 Å². The van der Waals surface area contributed by atoms with Gasteiger partial charge in [-0.1, -0.05) is 0 Å². The van der Waals surface area contributed by atoms with Gasteiger partial charge in [-0.05, 0) is 0 Å². The number of aliphatic hydroxyl groups excluding tert-OH is 5. The molecule has 0 fully saturated rings. The summed E-state index contributed by atoms with van der Waals surface area (Å²) in [5, 5.41) is 68.9. The van der Waals surface area contributed by atoms with Crippen LogP contribution in [0.4, 0.5) is 0 Å². The minimum absolute atomic E-state index is 0.171. The number of aliphatic carboxylic acids is 3. The number of likely N-dealkylation sites (N-methyl/N-ethyl adjacent to an activating group) is 1.